The second-order valence-electron chi connectivity index (χ2n) is 4.39. The fourth-order valence-corrected chi connectivity index (χ4v) is 2.61. The van der Waals surface area contributed by atoms with Crippen molar-refractivity contribution in [1.29, 1.82) is 0 Å². The molecule has 76 valence electrons. The van der Waals surface area contributed by atoms with Crippen LogP contribution in [0.2, 0.25) is 0 Å². The number of rotatable bonds is 0. The maximum absolute atomic E-state index is 9.98. The summed E-state index contributed by atoms with van der Waals surface area (Å²) < 4.78 is 0. The van der Waals surface area contributed by atoms with Crippen LogP contribution in [0.5, 0.6) is 0 Å². The molecule has 4 nitrogen and oxygen atoms in total. The summed E-state index contributed by atoms with van der Waals surface area (Å²) in [5.74, 6) is 0. The van der Waals surface area contributed by atoms with E-state index >= 15 is 0 Å². The molecule has 0 amide bonds. The molecule has 0 saturated carbocycles. The van der Waals surface area contributed by atoms with Crippen molar-refractivity contribution in [2.75, 3.05) is 13.1 Å². The van der Waals surface area contributed by atoms with E-state index in [1.807, 2.05) is 4.90 Å². The van der Waals surface area contributed by atoms with Crippen molar-refractivity contribution in [3.8, 4) is 0 Å². The quantitative estimate of drug-likeness (QED) is 0.452. The Hall–Kier alpha value is -0.160. The van der Waals surface area contributed by atoms with Crippen molar-refractivity contribution in [2.45, 2.75) is 43.6 Å². The highest BCUT2D eigenvalue weighted by Gasteiger charge is 2.53. The van der Waals surface area contributed by atoms with Crippen LogP contribution in [0.4, 0.5) is 0 Å². The standard InChI is InChI=1S/C9H17NO3/c1-9(13)7(12)5-10-4-2-3-6(11)8(9)10/h6-8,11-13H,2-5H2,1H3. The minimum Gasteiger partial charge on any atom is -0.391 e. The van der Waals surface area contributed by atoms with Crippen molar-refractivity contribution in [1.82, 2.24) is 4.90 Å². The fourth-order valence-electron chi connectivity index (χ4n) is 2.61. The van der Waals surface area contributed by atoms with Gasteiger partial charge in [0.15, 0.2) is 0 Å². The molecule has 2 rings (SSSR count). The van der Waals surface area contributed by atoms with Crippen molar-refractivity contribution < 1.29 is 15.3 Å². The van der Waals surface area contributed by atoms with Crippen molar-refractivity contribution in [3.63, 3.8) is 0 Å². The Morgan fingerprint density at radius 1 is 1.38 bits per heavy atom. The first-order valence-corrected chi connectivity index (χ1v) is 4.86. The molecule has 2 aliphatic rings. The van der Waals surface area contributed by atoms with Gasteiger partial charge in [-0.05, 0) is 26.3 Å². The lowest BCUT2D eigenvalue weighted by molar-refractivity contribution is -0.0922. The molecule has 13 heavy (non-hydrogen) atoms. The summed E-state index contributed by atoms with van der Waals surface area (Å²) in [7, 11) is 0. The minimum absolute atomic E-state index is 0.281. The predicted molar refractivity (Wildman–Crippen MR) is 47.2 cm³/mol. The summed E-state index contributed by atoms with van der Waals surface area (Å²) in [4.78, 5) is 1.98. The number of hydrogen-bond donors (Lipinski definition) is 3. The van der Waals surface area contributed by atoms with Crippen LogP contribution in [0.3, 0.4) is 0 Å². The van der Waals surface area contributed by atoms with Crippen molar-refractivity contribution >= 4 is 0 Å². The Kier molecular flexibility index (Phi) is 2.11. The smallest absolute Gasteiger partial charge is 0.107 e. The Morgan fingerprint density at radius 3 is 2.69 bits per heavy atom. The molecule has 3 N–H and O–H groups in total. The molecular formula is C9H17NO3. The van der Waals surface area contributed by atoms with Gasteiger partial charge in [0.05, 0.1) is 18.2 Å². The number of aliphatic hydroxyl groups is 3. The van der Waals surface area contributed by atoms with E-state index < -0.39 is 17.8 Å². The average Bonchev–Trinajstić information content (AvgIpc) is 2.24. The van der Waals surface area contributed by atoms with E-state index in [0.29, 0.717) is 6.54 Å². The first-order chi connectivity index (χ1) is 6.03. The molecule has 0 aromatic heterocycles. The molecule has 2 aliphatic heterocycles. The Morgan fingerprint density at radius 2 is 2.08 bits per heavy atom. The summed E-state index contributed by atoms with van der Waals surface area (Å²) in [5, 5.41) is 29.3. The molecule has 0 aliphatic carbocycles. The SMILES string of the molecule is CC1(O)C(O)CN2CCCC(O)C21. The zero-order valence-electron chi connectivity index (χ0n) is 7.85. The summed E-state index contributed by atoms with van der Waals surface area (Å²) in [5.41, 5.74) is -1.15. The summed E-state index contributed by atoms with van der Waals surface area (Å²) in [6.45, 7) is 2.96. The van der Waals surface area contributed by atoms with E-state index in [0.717, 1.165) is 19.4 Å². The molecule has 4 unspecified atom stereocenters. The van der Waals surface area contributed by atoms with Gasteiger partial charge in [0.2, 0.25) is 0 Å². The maximum atomic E-state index is 9.98. The van der Waals surface area contributed by atoms with Gasteiger partial charge in [0.25, 0.3) is 0 Å². The highest BCUT2D eigenvalue weighted by molar-refractivity contribution is 5.07. The normalized spacial score (nSPS) is 52.2. The van der Waals surface area contributed by atoms with Crippen LogP contribution in [0, 0.1) is 0 Å². The van der Waals surface area contributed by atoms with Crippen LogP contribution in [-0.4, -0.2) is 57.2 Å². The van der Waals surface area contributed by atoms with Crippen LogP contribution in [0.1, 0.15) is 19.8 Å². The van der Waals surface area contributed by atoms with Crippen LogP contribution in [-0.2, 0) is 0 Å². The second-order valence-corrected chi connectivity index (χ2v) is 4.39. The Balaban J connectivity index is 2.23. The fraction of sp³-hybridized carbons (Fsp3) is 1.00. The Labute approximate surface area is 77.8 Å². The third-order valence-corrected chi connectivity index (χ3v) is 3.38. The second kappa shape index (κ2) is 2.92. The minimum atomic E-state index is -1.15. The zero-order valence-corrected chi connectivity index (χ0v) is 7.85. The number of piperidine rings is 1. The van der Waals surface area contributed by atoms with Crippen molar-refractivity contribution in [3.05, 3.63) is 0 Å². The third kappa shape index (κ3) is 1.29. The number of aliphatic hydroxyl groups excluding tert-OH is 2. The molecule has 2 fully saturated rings. The molecule has 2 saturated heterocycles. The van der Waals surface area contributed by atoms with Crippen LogP contribution < -0.4 is 0 Å². The van der Waals surface area contributed by atoms with E-state index in [4.69, 9.17) is 0 Å². The lowest BCUT2D eigenvalue weighted by Crippen LogP contribution is -2.55. The van der Waals surface area contributed by atoms with E-state index in [-0.39, 0.29) is 6.04 Å². The molecule has 0 radical (unpaired) electrons. The maximum Gasteiger partial charge on any atom is 0.107 e. The van der Waals surface area contributed by atoms with Gasteiger partial charge in [-0.2, -0.15) is 0 Å². The highest BCUT2D eigenvalue weighted by atomic mass is 16.4. The predicted octanol–water partition coefficient (Wildman–Crippen LogP) is -1.06. The lowest BCUT2D eigenvalue weighted by Gasteiger charge is -2.39. The van der Waals surface area contributed by atoms with Gasteiger partial charge in [0, 0.05) is 6.54 Å². The lowest BCUT2D eigenvalue weighted by atomic mass is 9.87. The largest absolute Gasteiger partial charge is 0.391 e. The Bertz CT molecular complexity index is 207. The number of fused-ring (bicyclic) bond motifs is 1. The molecule has 2 heterocycles. The molecule has 0 aromatic rings. The molecule has 0 aromatic carbocycles. The first kappa shape index (κ1) is 9.40. The molecule has 0 spiro atoms. The first-order valence-electron chi connectivity index (χ1n) is 4.86. The van der Waals surface area contributed by atoms with Gasteiger partial charge in [-0.3, -0.25) is 4.90 Å². The molecule has 4 atom stereocenters. The van der Waals surface area contributed by atoms with Crippen molar-refractivity contribution in [2.24, 2.45) is 0 Å². The monoisotopic (exact) mass is 187 g/mol. The number of nitrogens with zero attached hydrogens (tertiary/aromatic N) is 1. The van der Waals surface area contributed by atoms with Gasteiger partial charge in [-0.15, -0.1) is 0 Å². The number of hydrogen-bond acceptors (Lipinski definition) is 4. The van der Waals surface area contributed by atoms with Gasteiger partial charge >= 0.3 is 0 Å². The van der Waals surface area contributed by atoms with E-state index in [9.17, 15) is 15.3 Å². The third-order valence-electron chi connectivity index (χ3n) is 3.38. The molecular weight excluding hydrogens is 170 g/mol. The van der Waals surface area contributed by atoms with E-state index in [2.05, 4.69) is 0 Å². The van der Waals surface area contributed by atoms with Gasteiger partial charge in [-0.1, -0.05) is 0 Å². The topological polar surface area (TPSA) is 63.9 Å². The van der Waals surface area contributed by atoms with E-state index in [1.54, 1.807) is 6.92 Å². The van der Waals surface area contributed by atoms with Crippen LogP contribution >= 0.6 is 0 Å². The summed E-state index contributed by atoms with van der Waals surface area (Å²) >= 11 is 0. The zero-order chi connectivity index (χ0) is 9.64. The van der Waals surface area contributed by atoms with Gasteiger partial charge in [0.1, 0.15) is 5.60 Å². The highest BCUT2D eigenvalue weighted by Crippen LogP contribution is 2.34. The summed E-state index contributed by atoms with van der Waals surface area (Å²) in [6.07, 6.45) is 0.441. The van der Waals surface area contributed by atoms with E-state index in [1.165, 1.54) is 0 Å². The summed E-state index contributed by atoms with van der Waals surface area (Å²) in [6, 6.07) is -0.281. The van der Waals surface area contributed by atoms with Crippen LogP contribution in [0.25, 0.3) is 0 Å². The average molecular weight is 187 g/mol. The van der Waals surface area contributed by atoms with Gasteiger partial charge in [-0.25, -0.2) is 0 Å². The molecule has 4 heteroatoms. The molecule has 0 bridgehead atoms. The van der Waals surface area contributed by atoms with Gasteiger partial charge < -0.3 is 15.3 Å². The van der Waals surface area contributed by atoms with Crippen LogP contribution in [0.15, 0.2) is 0 Å².